The van der Waals surface area contributed by atoms with Crippen molar-refractivity contribution in [3.8, 4) is 11.3 Å². The zero-order valence-corrected chi connectivity index (χ0v) is 18.2. The summed E-state index contributed by atoms with van der Waals surface area (Å²) in [6.07, 6.45) is 1.57. The average Bonchev–Trinajstić information content (AvgIpc) is 2.67. The standard InChI is InChI=1S/C21H22F2N4O3S/c1-12(2)31(29,30)26-16-9-19(14-7-13(3)21(28)27(4)11-14)25-20(10-16)24-18-6-5-15(22)8-17(18)23/h5-12H,1-4H3,(H2,24,25,26). The lowest BCUT2D eigenvalue weighted by Gasteiger charge is -2.15. The van der Waals surface area contributed by atoms with Crippen molar-refractivity contribution in [3.05, 3.63) is 70.1 Å². The number of aromatic nitrogens is 2. The maximum atomic E-state index is 14.1. The molecule has 0 aliphatic rings. The molecule has 164 valence electrons. The fourth-order valence-electron chi connectivity index (χ4n) is 2.83. The number of nitrogens with one attached hydrogen (secondary N) is 2. The Morgan fingerprint density at radius 3 is 2.42 bits per heavy atom. The molecule has 1 aromatic carbocycles. The van der Waals surface area contributed by atoms with Crippen molar-refractivity contribution < 1.29 is 17.2 Å². The second-order valence-corrected chi connectivity index (χ2v) is 9.64. The highest BCUT2D eigenvalue weighted by Crippen LogP contribution is 2.28. The van der Waals surface area contributed by atoms with Gasteiger partial charge in [0.15, 0.2) is 0 Å². The third kappa shape index (κ3) is 5.08. The number of hydrogen-bond acceptors (Lipinski definition) is 5. The van der Waals surface area contributed by atoms with E-state index in [4.69, 9.17) is 0 Å². The van der Waals surface area contributed by atoms with E-state index in [1.807, 2.05) is 0 Å². The minimum atomic E-state index is -3.66. The van der Waals surface area contributed by atoms with Gasteiger partial charge in [0, 0.05) is 36.5 Å². The van der Waals surface area contributed by atoms with Crippen molar-refractivity contribution in [2.24, 2.45) is 7.05 Å². The van der Waals surface area contributed by atoms with E-state index < -0.39 is 26.9 Å². The number of anilines is 3. The van der Waals surface area contributed by atoms with Gasteiger partial charge in [-0.05, 0) is 45.0 Å². The molecule has 2 aromatic heterocycles. The Morgan fingerprint density at radius 1 is 1.10 bits per heavy atom. The van der Waals surface area contributed by atoms with Crippen LogP contribution in [0, 0.1) is 18.6 Å². The summed E-state index contributed by atoms with van der Waals surface area (Å²) < 4.78 is 55.9. The summed E-state index contributed by atoms with van der Waals surface area (Å²) in [4.78, 5) is 16.4. The highest BCUT2D eigenvalue weighted by Gasteiger charge is 2.18. The monoisotopic (exact) mass is 448 g/mol. The Morgan fingerprint density at radius 2 is 1.81 bits per heavy atom. The lowest BCUT2D eigenvalue weighted by atomic mass is 10.1. The number of hydrogen-bond donors (Lipinski definition) is 2. The molecular formula is C21H22F2N4O3S. The van der Waals surface area contributed by atoms with Gasteiger partial charge in [-0.25, -0.2) is 22.2 Å². The second-order valence-electron chi connectivity index (χ2n) is 7.40. The Labute approximate surface area is 178 Å². The first kappa shape index (κ1) is 22.4. The van der Waals surface area contributed by atoms with Crippen LogP contribution in [0.1, 0.15) is 19.4 Å². The molecule has 0 saturated heterocycles. The molecule has 0 fully saturated rings. The highest BCUT2D eigenvalue weighted by atomic mass is 32.2. The smallest absolute Gasteiger partial charge is 0.253 e. The molecule has 0 unspecified atom stereocenters. The number of nitrogens with zero attached hydrogens (tertiary/aromatic N) is 2. The van der Waals surface area contributed by atoms with Gasteiger partial charge >= 0.3 is 0 Å². The van der Waals surface area contributed by atoms with Crippen LogP contribution >= 0.6 is 0 Å². The van der Waals surface area contributed by atoms with Crippen LogP contribution in [-0.4, -0.2) is 23.2 Å². The largest absolute Gasteiger partial charge is 0.338 e. The molecule has 2 heterocycles. The summed E-state index contributed by atoms with van der Waals surface area (Å²) >= 11 is 0. The molecule has 0 aliphatic heterocycles. The van der Waals surface area contributed by atoms with E-state index >= 15 is 0 Å². The van der Waals surface area contributed by atoms with Gasteiger partial charge in [0.25, 0.3) is 5.56 Å². The number of sulfonamides is 1. The van der Waals surface area contributed by atoms with Gasteiger partial charge in [-0.2, -0.15) is 0 Å². The summed E-state index contributed by atoms with van der Waals surface area (Å²) in [7, 11) is -2.07. The minimum Gasteiger partial charge on any atom is -0.338 e. The number of rotatable bonds is 6. The Balaban J connectivity index is 2.13. The van der Waals surface area contributed by atoms with Crippen molar-refractivity contribution in [1.82, 2.24) is 9.55 Å². The Kier molecular flexibility index (Phi) is 6.12. The van der Waals surface area contributed by atoms with E-state index in [2.05, 4.69) is 15.0 Å². The van der Waals surface area contributed by atoms with Crippen LogP contribution in [0.5, 0.6) is 0 Å². The van der Waals surface area contributed by atoms with Gasteiger partial charge < -0.3 is 9.88 Å². The van der Waals surface area contributed by atoms with Crippen LogP contribution in [-0.2, 0) is 17.1 Å². The number of pyridine rings is 2. The molecule has 0 spiro atoms. The highest BCUT2D eigenvalue weighted by molar-refractivity contribution is 7.93. The van der Waals surface area contributed by atoms with E-state index in [0.717, 1.165) is 12.1 Å². The van der Waals surface area contributed by atoms with Gasteiger partial charge in [0.1, 0.15) is 17.5 Å². The maximum absolute atomic E-state index is 14.1. The third-order valence-corrected chi connectivity index (χ3v) is 6.32. The maximum Gasteiger partial charge on any atom is 0.253 e. The summed E-state index contributed by atoms with van der Waals surface area (Å²) in [6, 6.07) is 7.59. The van der Waals surface area contributed by atoms with Crippen LogP contribution < -0.4 is 15.6 Å². The van der Waals surface area contributed by atoms with E-state index in [-0.39, 0.29) is 22.8 Å². The van der Waals surface area contributed by atoms with Crippen molar-refractivity contribution in [2.75, 3.05) is 10.0 Å². The molecule has 0 radical (unpaired) electrons. The predicted molar refractivity (Wildman–Crippen MR) is 117 cm³/mol. The van der Waals surface area contributed by atoms with E-state index in [9.17, 15) is 22.0 Å². The topological polar surface area (TPSA) is 93.1 Å². The van der Waals surface area contributed by atoms with Crippen molar-refractivity contribution in [2.45, 2.75) is 26.0 Å². The number of halogens is 2. The summed E-state index contributed by atoms with van der Waals surface area (Å²) in [5.74, 6) is -1.42. The first-order chi connectivity index (χ1) is 14.5. The molecule has 0 saturated carbocycles. The normalized spacial score (nSPS) is 11.6. The van der Waals surface area contributed by atoms with Gasteiger partial charge in [0.05, 0.1) is 22.3 Å². The van der Waals surface area contributed by atoms with Gasteiger partial charge in [-0.3, -0.25) is 9.52 Å². The molecule has 0 amide bonds. The molecule has 0 aliphatic carbocycles. The first-order valence-corrected chi connectivity index (χ1v) is 10.9. The number of aryl methyl sites for hydroxylation is 2. The third-order valence-electron chi connectivity index (χ3n) is 4.56. The molecule has 0 atom stereocenters. The predicted octanol–water partition coefficient (Wildman–Crippen LogP) is 3.93. The van der Waals surface area contributed by atoms with Crippen LogP contribution in [0.2, 0.25) is 0 Å². The first-order valence-electron chi connectivity index (χ1n) is 9.39. The second kappa shape index (κ2) is 8.46. The molecule has 3 aromatic rings. The molecule has 3 rings (SSSR count). The van der Waals surface area contributed by atoms with E-state index in [0.29, 0.717) is 16.8 Å². The van der Waals surface area contributed by atoms with Gasteiger partial charge in [-0.1, -0.05) is 0 Å². The quantitative estimate of drug-likeness (QED) is 0.596. The van der Waals surface area contributed by atoms with Crippen LogP contribution in [0.4, 0.5) is 26.0 Å². The summed E-state index contributed by atoms with van der Waals surface area (Å²) in [5, 5.41) is 2.06. The van der Waals surface area contributed by atoms with Crippen molar-refractivity contribution in [3.63, 3.8) is 0 Å². The zero-order chi connectivity index (χ0) is 22.9. The van der Waals surface area contributed by atoms with E-state index in [1.165, 1.54) is 36.6 Å². The molecular weight excluding hydrogens is 426 g/mol. The van der Waals surface area contributed by atoms with Crippen molar-refractivity contribution in [1.29, 1.82) is 0 Å². The Hall–Kier alpha value is -3.27. The summed E-state index contributed by atoms with van der Waals surface area (Å²) in [6.45, 7) is 4.73. The zero-order valence-electron chi connectivity index (χ0n) is 17.4. The molecule has 7 nitrogen and oxygen atoms in total. The molecule has 31 heavy (non-hydrogen) atoms. The van der Waals surface area contributed by atoms with Crippen molar-refractivity contribution >= 4 is 27.2 Å². The summed E-state index contributed by atoms with van der Waals surface area (Å²) in [5.41, 5.74) is 1.40. The molecule has 2 N–H and O–H groups in total. The Bertz CT molecular complexity index is 1280. The van der Waals surface area contributed by atoms with Gasteiger partial charge in [-0.15, -0.1) is 0 Å². The SMILES string of the molecule is Cc1cc(-c2cc(NS(=O)(=O)C(C)C)cc(Nc3ccc(F)cc3F)n2)cn(C)c1=O. The molecule has 10 heteroatoms. The van der Waals surface area contributed by atoms with Gasteiger partial charge in [0.2, 0.25) is 10.0 Å². The fraction of sp³-hybridized carbons (Fsp3) is 0.238. The molecule has 0 bridgehead atoms. The average molecular weight is 448 g/mol. The fourth-order valence-corrected chi connectivity index (χ4v) is 3.51. The van der Waals surface area contributed by atoms with E-state index in [1.54, 1.807) is 26.2 Å². The van der Waals surface area contributed by atoms with Crippen LogP contribution in [0.3, 0.4) is 0 Å². The van der Waals surface area contributed by atoms with Crippen LogP contribution in [0.15, 0.2) is 47.4 Å². The lowest BCUT2D eigenvalue weighted by molar-refractivity contribution is 0.585. The minimum absolute atomic E-state index is 0.0274. The lowest BCUT2D eigenvalue weighted by Crippen LogP contribution is -2.22. The van der Waals surface area contributed by atoms with Crippen LogP contribution in [0.25, 0.3) is 11.3 Å². The number of benzene rings is 1.